The fourth-order valence-corrected chi connectivity index (χ4v) is 2.71. The second-order valence-corrected chi connectivity index (χ2v) is 5.48. The third-order valence-corrected chi connectivity index (χ3v) is 4.04. The third-order valence-electron chi connectivity index (χ3n) is 4.04. The van der Waals surface area contributed by atoms with Crippen LogP contribution in [-0.4, -0.2) is 40.2 Å². The summed E-state index contributed by atoms with van der Waals surface area (Å²) in [4.78, 5) is 51.7. The first-order chi connectivity index (χ1) is 11.8. The molecule has 0 atom stereocenters. The smallest absolute Gasteiger partial charge is 0.343 e. The summed E-state index contributed by atoms with van der Waals surface area (Å²) < 4.78 is 6.07. The summed E-state index contributed by atoms with van der Waals surface area (Å²) in [5.41, 5.74) is -1.43. The minimum Gasteiger partial charge on any atom is -0.481 e. The topological polar surface area (TPSA) is 122 Å². The molecule has 3 rings (SSSR count). The summed E-state index contributed by atoms with van der Waals surface area (Å²) in [5.74, 6) is -1.32. The number of likely N-dealkylation sites (N-methyl/N-ethyl adjacent to an activating group) is 1. The second kappa shape index (κ2) is 5.93. The zero-order valence-corrected chi connectivity index (χ0v) is 13.5. The molecule has 1 aromatic carbocycles. The average Bonchev–Trinajstić information content (AvgIpc) is 2.57. The van der Waals surface area contributed by atoms with Crippen molar-refractivity contribution in [1.82, 2.24) is 9.55 Å². The summed E-state index contributed by atoms with van der Waals surface area (Å²) in [6, 6.07) is 4.40. The lowest BCUT2D eigenvalue weighted by Crippen LogP contribution is -2.39. The quantitative estimate of drug-likeness (QED) is 0.816. The molecule has 1 aromatic heterocycles. The van der Waals surface area contributed by atoms with E-state index in [-0.39, 0.29) is 30.3 Å². The van der Waals surface area contributed by atoms with Crippen LogP contribution in [0.4, 0.5) is 5.69 Å². The lowest BCUT2D eigenvalue weighted by Gasteiger charge is -2.26. The van der Waals surface area contributed by atoms with Gasteiger partial charge in [-0.3, -0.25) is 9.59 Å². The Bertz CT molecular complexity index is 1000. The van der Waals surface area contributed by atoms with Crippen molar-refractivity contribution in [3.8, 4) is 11.4 Å². The minimum absolute atomic E-state index is 0.0679. The van der Waals surface area contributed by atoms with Gasteiger partial charge in [0.05, 0.1) is 11.4 Å². The molecule has 1 amide bonds. The van der Waals surface area contributed by atoms with Crippen LogP contribution < -0.4 is 20.9 Å². The highest BCUT2D eigenvalue weighted by Gasteiger charge is 2.24. The number of H-pyrrole nitrogens is 1. The molecular formula is C16H15N3O6. The number of carboxylic acids is 1. The van der Waals surface area contributed by atoms with Gasteiger partial charge < -0.3 is 19.7 Å². The van der Waals surface area contributed by atoms with Crippen LogP contribution in [0.25, 0.3) is 5.69 Å². The number of ether oxygens (including phenoxy) is 1. The van der Waals surface area contributed by atoms with Crippen molar-refractivity contribution in [1.29, 1.82) is 0 Å². The van der Waals surface area contributed by atoms with E-state index in [0.717, 1.165) is 4.57 Å². The number of aromatic nitrogens is 2. The molecule has 2 heterocycles. The number of rotatable bonds is 3. The highest BCUT2D eigenvalue weighted by Crippen LogP contribution is 2.32. The number of aromatic amines is 1. The number of amides is 1. The summed E-state index contributed by atoms with van der Waals surface area (Å²) >= 11 is 0. The Kier molecular flexibility index (Phi) is 3.91. The molecule has 25 heavy (non-hydrogen) atoms. The van der Waals surface area contributed by atoms with Gasteiger partial charge in [-0.1, -0.05) is 6.92 Å². The number of nitrogens with one attached hydrogen (secondary N) is 1. The average molecular weight is 345 g/mol. The number of hydrogen-bond acceptors (Lipinski definition) is 5. The fourth-order valence-electron chi connectivity index (χ4n) is 2.71. The molecule has 2 N–H and O–H groups in total. The van der Waals surface area contributed by atoms with Crippen LogP contribution in [0.1, 0.15) is 23.0 Å². The Morgan fingerprint density at radius 2 is 2.04 bits per heavy atom. The van der Waals surface area contributed by atoms with Gasteiger partial charge in [-0.25, -0.2) is 14.2 Å². The summed E-state index contributed by atoms with van der Waals surface area (Å²) in [7, 11) is 1.58. The van der Waals surface area contributed by atoms with Gasteiger partial charge >= 0.3 is 11.7 Å². The highest BCUT2D eigenvalue weighted by atomic mass is 16.5. The fraction of sp³-hybridized carbons (Fsp3) is 0.250. The molecule has 0 radical (unpaired) electrons. The van der Waals surface area contributed by atoms with Crippen LogP contribution >= 0.6 is 0 Å². The van der Waals surface area contributed by atoms with Crippen molar-refractivity contribution < 1.29 is 19.4 Å². The number of carboxylic acid groups (broad SMARTS) is 1. The molecular weight excluding hydrogens is 330 g/mol. The summed E-state index contributed by atoms with van der Waals surface area (Å²) in [6.07, 6.45) is 0.202. The van der Waals surface area contributed by atoms with E-state index in [9.17, 15) is 24.3 Å². The van der Waals surface area contributed by atoms with Crippen molar-refractivity contribution in [3.63, 3.8) is 0 Å². The van der Waals surface area contributed by atoms with Crippen LogP contribution in [0.3, 0.4) is 0 Å². The van der Waals surface area contributed by atoms with Crippen LogP contribution in [-0.2, 0) is 11.2 Å². The number of nitrogens with zero attached hydrogens (tertiary/aromatic N) is 2. The molecule has 0 spiro atoms. The second-order valence-electron chi connectivity index (χ2n) is 5.48. The normalized spacial score (nSPS) is 13.4. The van der Waals surface area contributed by atoms with E-state index in [1.165, 1.54) is 23.1 Å². The van der Waals surface area contributed by atoms with E-state index in [1.54, 1.807) is 14.0 Å². The van der Waals surface area contributed by atoms with Gasteiger partial charge in [-0.15, -0.1) is 0 Å². The molecule has 0 saturated carbocycles. The number of carbonyl (C=O) groups excluding carboxylic acids is 1. The number of aryl methyl sites for hydroxylation is 1. The zero-order valence-electron chi connectivity index (χ0n) is 13.5. The van der Waals surface area contributed by atoms with E-state index in [4.69, 9.17) is 4.74 Å². The maximum atomic E-state index is 12.6. The molecule has 1 aliphatic heterocycles. The van der Waals surface area contributed by atoms with Gasteiger partial charge in [0.15, 0.2) is 6.61 Å². The van der Waals surface area contributed by atoms with Gasteiger partial charge in [0.1, 0.15) is 11.3 Å². The highest BCUT2D eigenvalue weighted by molar-refractivity contribution is 5.97. The number of fused-ring (bicyclic) bond motifs is 1. The maximum Gasteiger partial charge on any atom is 0.343 e. The van der Waals surface area contributed by atoms with E-state index >= 15 is 0 Å². The Hall–Kier alpha value is -3.36. The Morgan fingerprint density at radius 1 is 1.32 bits per heavy atom. The standard InChI is InChI=1S/C16H15N3O6/c1-3-9-13(15(22)23)14(21)19(16(24)17-9)8-4-5-10-11(6-8)25-7-12(20)18(10)2/h4-6H,3,7H2,1-2H3,(H,17,24)(H,22,23). The van der Waals surface area contributed by atoms with Gasteiger partial charge in [-0.2, -0.15) is 0 Å². The van der Waals surface area contributed by atoms with E-state index in [0.29, 0.717) is 11.4 Å². The van der Waals surface area contributed by atoms with Crippen LogP contribution in [0, 0.1) is 0 Å². The minimum atomic E-state index is -1.41. The first kappa shape index (κ1) is 16.5. The molecule has 1 aliphatic rings. The number of anilines is 1. The molecule has 0 bridgehead atoms. The first-order valence-electron chi connectivity index (χ1n) is 7.50. The Labute approximate surface area is 141 Å². The van der Waals surface area contributed by atoms with Crippen LogP contribution in [0.2, 0.25) is 0 Å². The molecule has 0 fully saturated rings. The van der Waals surface area contributed by atoms with Crippen molar-refractivity contribution in [2.45, 2.75) is 13.3 Å². The SMILES string of the molecule is CCc1[nH]c(=O)n(-c2ccc3c(c2)OCC(=O)N3C)c(=O)c1C(=O)O. The lowest BCUT2D eigenvalue weighted by molar-refractivity contribution is -0.120. The molecule has 0 saturated heterocycles. The lowest BCUT2D eigenvalue weighted by atomic mass is 10.1. The first-order valence-corrected chi connectivity index (χ1v) is 7.50. The number of aromatic carboxylic acids is 1. The van der Waals surface area contributed by atoms with Gasteiger partial charge in [-0.05, 0) is 18.6 Å². The van der Waals surface area contributed by atoms with Crippen molar-refractivity contribution in [2.24, 2.45) is 0 Å². The zero-order chi connectivity index (χ0) is 18.3. The van der Waals surface area contributed by atoms with Crippen molar-refractivity contribution >= 4 is 17.6 Å². The largest absolute Gasteiger partial charge is 0.481 e. The molecule has 130 valence electrons. The van der Waals surface area contributed by atoms with Crippen molar-refractivity contribution in [3.05, 3.63) is 50.3 Å². The van der Waals surface area contributed by atoms with E-state index in [2.05, 4.69) is 4.98 Å². The van der Waals surface area contributed by atoms with Gasteiger partial charge in [0, 0.05) is 18.8 Å². The van der Waals surface area contributed by atoms with Crippen LogP contribution in [0.15, 0.2) is 27.8 Å². The van der Waals surface area contributed by atoms with Crippen molar-refractivity contribution in [2.75, 3.05) is 18.6 Å². The van der Waals surface area contributed by atoms with E-state index in [1.807, 2.05) is 0 Å². The Balaban J connectivity index is 2.23. The monoisotopic (exact) mass is 345 g/mol. The molecule has 0 unspecified atom stereocenters. The molecule has 9 heteroatoms. The molecule has 9 nitrogen and oxygen atoms in total. The summed E-state index contributed by atoms with van der Waals surface area (Å²) in [6.45, 7) is 1.48. The van der Waals surface area contributed by atoms with Crippen LogP contribution in [0.5, 0.6) is 5.75 Å². The number of benzene rings is 1. The van der Waals surface area contributed by atoms with E-state index < -0.39 is 22.8 Å². The predicted octanol–water partition coefficient (Wildman–Crippen LogP) is 0.142. The molecule has 2 aromatic rings. The number of carbonyl (C=O) groups is 2. The van der Waals surface area contributed by atoms with Gasteiger partial charge in [0.2, 0.25) is 0 Å². The Morgan fingerprint density at radius 3 is 2.68 bits per heavy atom. The predicted molar refractivity (Wildman–Crippen MR) is 87.9 cm³/mol. The number of hydrogen-bond donors (Lipinski definition) is 2. The maximum absolute atomic E-state index is 12.6. The summed E-state index contributed by atoms with van der Waals surface area (Å²) in [5, 5.41) is 9.29. The van der Waals surface area contributed by atoms with Gasteiger partial charge in [0.25, 0.3) is 11.5 Å². The third kappa shape index (κ3) is 2.59. The molecule has 0 aliphatic carbocycles.